The number of hydrogen-bond acceptors (Lipinski definition) is 7. The average Bonchev–Trinajstić information content (AvgIpc) is 2.70. The number of hydrogen-bond donors (Lipinski definition) is 2. The van der Waals surface area contributed by atoms with E-state index in [1.165, 1.54) is 0 Å². The molecule has 2 fully saturated rings. The molecule has 3 rings (SSSR count). The summed E-state index contributed by atoms with van der Waals surface area (Å²) in [4.78, 5) is 21.1. The van der Waals surface area contributed by atoms with Crippen LogP contribution < -0.4 is 10.6 Å². The number of anilines is 1. The summed E-state index contributed by atoms with van der Waals surface area (Å²) < 4.78 is 10.7. The molecule has 1 aromatic heterocycles. The molecule has 2 aliphatic heterocycles. The van der Waals surface area contributed by atoms with E-state index in [-0.39, 0.29) is 5.91 Å². The fraction of sp³-hybridized carbons (Fsp3) is 0.667. The van der Waals surface area contributed by atoms with E-state index in [4.69, 9.17) is 9.47 Å². The van der Waals surface area contributed by atoms with Gasteiger partial charge in [0.05, 0.1) is 38.3 Å². The van der Waals surface area contributed by atoms with Crippen LogP contribution >= 0.6 is 0 Å². The fourth-order valence-electron chi connectivity index (χ4n) is 3.06. The van der Waals surface area contributed by atoms with Crippen LogP contribution in [0.3, 0.4) is 0 Å². The number of pyridine rings is 1. The molecular weight excluding hydrogens is 334 g/mol. The van der Waals surface area contributed by atoms with Crippen LogP contribution in [0.1, 0.15) is 10.5 Å². The zero-order valence-corrected chi connectivity index (χ0v) is 15.3. The lowest BCUT2D eigenvalue weighted by Gasteiger charge is -2.26. The number of nitrogens with one attached hydrogen (secondary N) is 2. The molecule has 0 atom stereocenters. The highest BCUT2D eigenvalue weighted by atomic mass is 16.5. The number of nitrogens with zero attached hydrogens (tertiary/aromatic N) is 3. The fourth-order valence-corrected chi connectivity index (χ4v) is 3.06. The molecule has 1 aromatic rings. The third-order valence-electron chi connectivity index (χ3n) is 4.67. The zero-order valence-electron chi connectivity index (χ0n) is 15.3. The van der Waals surface area contributed by atoms with Gasteiger partial charge in [0.15, 0.2) is 0 Å². The predicted octanol–water partition coefficient (Wildman–Crippen LogP) is -0.112. The molecule has 1 amide bonds. The van der Waals surface area contributed by atoms with Crippen molar-refractivity contribution in [3.8, 4) is 0 Å². The lowest BCUT2D eigenvalue weighted by Crippen LogP contribution is -2.41. The molecule has 0 bridgehead atoms. The van der Waals surface area contributed by atoms with Crippen molar-refractivity contribution in [3.63, 3.8) is 0 Å². The molecule has 0 saturated carbocycles. The highest BCUT2D eigenvalue weighted by Crippen LogP contribution is 2.06. The van der Waals surface area contributed by atoms with Crippen LogP contribution in [-0.4, -0.2) is 99.5 Å². The lowest BCUT2D eigenvalue weighted by atomic mass is 10.3. The molecule has 0 aromatic carbocycles. The Hall–Kier alpha value is -1.74. The minimum atomic E-state index is -0.127. The summed E-state index contributed by atoms with van der Waals surface area (Å²) in [6.07, 6.45) is 1.72. The minimum absolute atomic E-state index is 0.127. The first-order valence-corrected chi connectivity index (χ1v) is 9.39. The second-order valence-electron chi connectivity index (χ2n) is 6.52. The van der Waals surface area contributed by atoms with Crippen molar-refractivity contribution in [1.29, 1.82) is 0 Å². The van der Waals surface area contributed by atoms with Crippen molar-refractivity contribution in [3.05, 3.63) is 24.0 Å². The molecule has 8 heteroatoms. The summed E-state index contributed by atoms with van der Waals surface area (Å²) >= 11 is 0. The number of rotatable bonds is 8. The van der Waals surface area contributed by atoms with E-state index in [2.05, 4.69) is 25.4 Å². The molecule has 26 heavy (non-hydrogen) atoms. The molecular formula is C18H29N5O3. The third kappa shape index (κ3) is 6.21. The molecule has 0 unspecified atom stereocenters. The van der Waals surface area contributed by atoms with Gasteiger partial charge in [0.2, 0.25) is 0 Å². The van der Waals surface area contributed by atoms with Crippen LogP contribution in [0.4, 0.5) is 5.69 Å². The predicted molar refractivity (Wildman–Crippen MR) is 99.6 cm³/mol. The van der Waals surface area contributed by atoms with Crippen molar-refractivity contribution in [2.24, 2.45) is 0 Å². The van der Waals surface area contributed by atoms with Gasteiger partial charge in [0.25, 0.3) is 5.91 Å². The van der Waals surface area contributed by atoms with E-state index >= 15 is 0 Å². The van der Waals surface area contributed by atoms with Crippen LogP contribution in [0.15, 0.2) is 18.3 Å². The summed E-state index contributed by atoms with van der Waals surface area (Å²) in [5, 5.41) is 6.28. The van der Waals surface area contributed by atoms with E-state index in [0.717, 1.165) is 77.9 Å². The van der Waals surface area contributed by atoms with Crippen LogP contribution in [0.2, 0.25) is 0 Å². The maximum absolute atomic E-state index is 12.2. The summed E-state index contributed by atoms with van der Waals surface area (Å²) in [7, 11) is 0. The maximum Gasteiger partial charge on any atom is 0.269 e. The number of ether oxygens (including phenoxy) is 2. The van der Waals surface area contributed by atoms with E-state index in [0.29, 0.717) is 12.2 Å². The minimum Gasteiger partial charge on any atom is -0.383 e. The number of aromatic nitrogens is 1. The first-order valence-electron chi connectivity index (χ1n) is 9.39. The highest BCUT2D eigenvalue weighted by Gasteiger charge is 2.12. The van der Waals surface area contributed by atoms with Gasteiger partial charge < -0.3 is 20.1 Å². The topological polar surface area (TPSA) is 79.0 Å². The van der Waals surface area contributed by atoms with Crippen LogP contribution in [0.25, 0.3) is 0 Å². The molecule has 0 spiro atoms. The van der Waals surface area contributed by atoms with E-state index < -0.39 is 0 Å². The quantitative estimate of drug-likeness (QED) is 0.667. The van der Waals surface area contributed by atoms with Crippen molar-refractivity contribution in [2.75, 3.05) is 84.1 Å². The molecule has 8 nitrogen and oxygen atoms in total. The first-order chi connectivity index (χ1) is 12.8. The van der Waals surface area contributed by atoms with Gasteiger partial charge in [0, 0.05) is 52.4 Å². The van der Waals surface area contributed by atoms with Gasteiger partial charge in [-0.05, 0) is 12.1 Å². The normalized spacial score (nSPS) is 19.2. The average molecular weight is 363 g/mol. The molecule has 2 saturated heterocycles. The smallest absolute Gasteiger partial charge is 0.269 e. The Morgan fingerprint density at radius 3 is 2.15 bits per heavy atom. The molecule has 144 valence electrons. The van der Waals surface area contributed by atoms with Crippen molar-refractivity contribution in [1.82, 2.24) is 20.1 Å². The van der Waals surface area contributed by atoms with Gasteiger partial charge in [-0.25, -0.2) is 4.98 Å². The van der Waals surface area contributed by atoms with Crippen molar-refractivity contribution in [2.45, 2.75) is 0 Å². The van der Waals surface area contributed by atoms with Gasteiger partial charge in [0.1, 0.15) is 5.69 Å². The maximum atomic E-state index is 12.2. The summed E-state index contributed by atoms with van der Waals surface area (Å²) in [6, 6.07) is 3.67. The van der Waals surface area contributed by atoms with Gasteiger partial charge in [-0.1, -0.05) is 0 Å². The third-order valence-corrected chi connectivity index (χ3v) is 4.67. The Morgan fingerprint density at radius 2 is 1.58 bits per heavy atom. The Balaban J connectivity index is 1.34. The largest absolute Gasteiger partial charge is 0.383 e. The summed E-state index contributed by atoms with van der Waals surface area (Å²) in [6.45, 7) is 10.3. The van der Waals surface area contributed by atoms with Gasteiger partial charge in [-0.15, -0.1) is 0 Å². The number of carbonyl (C=O) groups is 1. The van der Waals surface area contributed by atoms with Crippen molar-refractivity contribution < 1.29 is 14.3 Å². The molecule has 0 aliphatic carbocycles. The van der Waals surface area contributed by atoms with E-state index in [1.54, 1.807) is 12.3 Å². The lowest BCUT2D eigenvalue weighted by molar-refractivity contribution is 0.0383. The number of carbonyl (C=O) groups excluding carboxylic acids is 1. The summed E-state index contributed by atoms with van der Waals surface area (Å²) in [5.74, 6) is -0.127. The molecule has 3 heterocycles. The Bertz CT molecular complexity index is 542. The molecule has 0 radical (unpaired) electrons. The van der Waals surface area contributed by atoms with E-state index in [1.807, 2.05) is 6.07 Å². The van der Waals surface area contributed by atoms with Crippen LogP contribution in [0, 0.1) is 0 Å². The monoisotopic (exact) mass is 363 g/mol. The standard InChI is InChI=1S/C18H29N5O3/c24-18(20-4-6-23-9-13-26-14-10-23)17-2-1-16(15-21-17)19-3-5-22-7-11-25-12-8-22/h1-2,15,19H,3-14H2,(H,20,24). The Kier molecular flexibility index (Phi) is 7.63. The molecule has 2 N–H and O–H groups in total. The Morgan fingerprint density at radius 1 is 0.962 bits per heavy atom. The number of morpholine rings is 2. The Labute approximate surface area is 154 Å². The van der Waals surface area contributed by atoms with Crippen molar-refractivity contribution >= 4 is 11.6 Å². The highest BCUT2D eigenvalue weighted by molar-refractivity contribution is 5.92. The summed E-state index contributed by atoms with van der Waals surface area (Å²) in [5.41, 5.74) is 1.38. The van der Waals surface area contributed by atoms with Gasteiger partial charge >= 0.3 is 0 Å². The second kappa shape index (κ2) is 10.4. The second-order valence-corrected chi connectivity index (χ2v) is 6.52. The molecule has 2 aliphatic rings. The van der Waals surface area contributed by atoms with Crippen LogP contribution in [-0.2, 0) is 9.47 Å². The number of amides is 1. The zero-order chi connectivity index (χ0) is 18.0. The van der Waals surface area contributed by atoms with Gasteiger partial charge in [-0.3, -0.25) is 14.6 Å². The van der Waals surface area contributed by atoms with E-state index in [9.17, 15) is 4.79 Å². The SMILES string of the molecule is O=C(NCCN1CCOCC1)c1ccc(NCCN2CCOCC2)cn1. The van der Waals surface area contributed by atoms with Crippen LogP contribution in [0.5, 0.6) is 0 Å². The van der Waals surface area contributed by atoms with Gasteiger partial charge in [-0.2, -0.15) is 0 Å². The first kappa shape index (κ1) is 19.0.